The van der Waals surface area contributed by atoms with Crippen LogP contribution in [-0.4, -0.2) is 10.0 Å². The fraction of sp³-hybridized carbons (Fsp3) is 0.0769. The van der Waals surface area contributed by atoms with Gasteiger partial charge in [0.25, 0.3) is 0 Å². The molecule has 1 unspecified atom stereocenters. The number of rotatable bonds is 2. The van der Waals surface area contributed by atoms with Gasteiger partial charge < -0.3 is 0 Å². The monoisotopic (exact) mass is 241 g/mol. The molecule has 1 aromatic carbocycles. The largest absolute Gasteiger partial charge is 0.291 e. The van der Waals surface area contributed by atoms with Crippen LogP contribution < -0.4 is 5.43 Å². The van der Waals surface area contributed by atoms with E-state index in [0.29, 0.717) is 0 Å². The molecule has 0 radical (unpaired) electrons. The van der Waals surface area contributed by atoms with Crippen LogP contribution in [-0.2, 0) is 0 Å². The molecule has 0 bridgehead atoms. The van der Waals surface area contributed by atoms with Crippen molar-refractivity contribution in [1.82, 2.24) is 10.4 Å². The molecule has 2 aromatic rings. The molecular weight excluding hydrogens is 230 g/mol. The number of nitrogens with zero attached hydrogens (tertiary/aromatic N) is 2. The Morgan fingerprint density at radius 2 is 1.76 bits per heavy atom. The highest BCUT2D eigenvalue weighted by atomic mass is 32.2. The van der Waals surface area contributed by atoms with Crippen molar-refractivity contribution in [3.8, 4) is 0 Å². The number of thioether (sulfide) groups is 1. The lowest BCUT2D eigenvalue weighted by molar-refractivity contribution is 0.742. The van der Waals surface area contributed by atoms with Gasteiger partial charge in [0, 0.05) is 18.0 Å². The number of nitrogens with one attached hydrogen (secondary N) is 1. The molecule has 0 amide bonds. The summed E-state index contributed by atoms with van der Waals surface area (Å²) in [6.07, 6.45) is 3.61. The predicted molar refractivity (Wildman–Crippen MR) is 70.7 cm³/mol. The maximum atomic E-state index is 4.37. The first-order valence-electron chi connectivity index (χ1n) is 5.39. The van der Waals surface area contributed by atoms with E-state index in [4.69, 9.17) is 0 Å². The minimum Gasteiger partial charge on any atom is -0.291 e. The number of pyridine rings is 1. The van der Waals surface area contributed by atoms with Gasteiger partial charge in [-0.25, -0.2) is 0 Å². The van der Waals surface area contributed by atoms with E-state index in [0.717, 1.165) is 10.6 Å². The molecule has 3 rings (SSSR count). The lowest BCUT2D eigenvalue weighted by atomic mass is 10.2. The van der Waals surface area contributed by atoms with Crippen LogP contribution in [0.25, 0.3) is 0 Å². The highest BCUT2D eigenvalue weighted by molar-refractivity contribution is 8.14. The van der Waals surface area contributed by atoms with Crippen molar-refractivity contribution in [2.75, 3.05) is 0 Å². The topological polar surface area (TPSA) is 37.3 Å². The summed E-state index contributed by atoms with van der Waals surface area (Å²) >= 11 is 1.73. The van der Waals surface area contributed by atoms with Gasteiger partial charge in [0.05, 0.1) is 0 Å². The van der Waals surface area contributed by atoms with Crippen molar-refractivity contribution in [2.24, 2.45) is 5.10 Å². The van der Waals surface area contributed by atoms with Crippen LogP contribution in [0.3, 0.4) is 0 Å². The fourth-order valence-electron chi connectivity index (χ4n) is 1.68. The van der Waals surface area contributed by atoms with Gasteiger partial charge in [-0.05, 0) is 17.7 Å². The lowest BCUT2D eigenvalue weighted by Gasteiger charge is -2.08. The van der Waals surface area contributed by atoms with E-state index in [-0.39, 0.29) is 5.37 Å². The molecule has 3 nitrogen and oxygen atoms in total. The normalized spacial score (nSPS) is 18.6. The molecule has 0 aliphatic carbocycles. The Morgan fingerprint density at radius 1 is 1.00 bits per heavy atom. The third kappa shape index (κ3) is 2.17. The van der Waals surface area contributed by atoms with Gasteiger partial charge in [0.1, 0.15) is 10.4 Å². The van der Waals surface area contributed by atoms with Crippen LogP contribution >= 0.6 is 11.8 Å². The molecule has 0 spiro atoms. The lowest BCUT2D eigenvalue weighted by Crippen LogP contribution is -2.06. The Balaban J connectivity index is 1.78. The number of hydrogen-bond donors (Lipinski definition) is 1. The second kappa shape index (κ2) is 4.59. The first-order chi connectivity index (χ1) is 8.43. The second-order valence-corrected chi connectivity index (χ2v) is 4.78. The van der Waals surface area contributed by atoms with Crippen LogP contribution in [0.1, 0.15) is 16.5 Å². The molecule has 17 heavy (non-hydrogen) atoms. The standard InChI is InChI=1S/C13H11N3S/c1-2-4-10(5-3-1)12-15-16-13(17-12)11-6-8-14-9-7-11/h1-9,13,16H. The van der Waals surface area contributed by atoms with E-state index < -0.39 is 0 Å². The van der Waals surface area contributed by atoms with Gasteiger partial charge in [-0.2, -0.15) is 5.10 Å². The SMILES string of the molecule is c1ccc(C2=NNC(c3ccncc3)S2)cc1. The summed E-state index contributed by atoms with van der Waals surface area (Å²) in [5.41, 5.74) is 5.49. The van der Waals surface area contributed by atoms with Crippen molar-refractivity contribution in [2.45, 2.75) is 5.37 Å². The van der Waals surface area contributed by atoms with Gasteiger partial charge in [0.2, 0.25) is 0 Å². The maximum Gasteiger partial charge on any atom is 0.126 e. The Labute approximate surface area is 104 Å². The molecule has 1 aliphatic rings. The molecule has 1 atom stereocenters. The Morgan fingerprint density at radius 3 is 2.53 bits per heavy atom. The molecule has 0 saturated heterocycles. The van der Waals surface area contributed by atoms with E-state index in [9.17, 15) is 0 Å². The highest BCUT2D eigenvalue weighted by Crippen LogP contribution is 2.33. The number of aromatic nitrogens is 1. The third-order valence-electron chi connectivity index (χ3n) is 2.54. The summed E-state index contributed by atoms with van der Waals surface area (Å²) in [4.78, 5) is 4.02. The first-order valence-corrected chi connectivity index (χ1v) is 6.27. The molecule has 0 saturated carbocycles. The molecule has 0 fully saturated rings. The summed E-state index contributed by atoms with van der Waals surface area (Å²) in [7, 11) is 0. The molecule has 84 valence electrons. The first kappa shape index (κ1) is 10.4. The summed E-state index contributed by atoms with van der Waals surface area (Å²) in [6, 6.07) is 14.2. The van der Waals surface area contributed by atoms with Crippen molar-refractivity contribution < 1.29 is 0 Å². The van der Waals surface area contributed by atoms with E-state index >= 15 is 0 Å². The molecule has 1 aliphatic heterocycles. The second-order valence-electron chi connectivity index (χ2n) is 3.69. The highest BCUT2D eigenvalue weighted by Gasteiger charge is 2.21. The molecule has 2 heterocycles. The summed E-state index contributed by atoms with van der Waals surface area (Å²) in [5.74, 6) is 0. The van der Waals surface area contributed by atoms with E-state index in [1.807, 2.05) is 30.3 Å². The average Bonchev–Trinajstić information content (AvgIpc) is 2.90. The minimum atomic E-state index is 0.188. The molecule has 4 heteroatoms. The van der Waals surface area contributed by atoms with Crippen LogP contribution in [0.4, 0.5) is 0 Å². The predicted octanol–water partition coefficient (Wildman–Crippen LogP) is 2.78. The zero-order valence-electron chi connectivity index (χ0n) is 9.08. The van der Waals surface area contributed by atoms with Crippen LogP contribution in [0.15, 0.2) is 60.0 Å². The van der Waals surface area contributed by atoms with Gasteiger partial charge >= 0.3 is 0 Å². The average molecular weight is 241 g/mol. The van der Waals surface area contributed by atoms with E-state index in [2.05, 4.69) is 27.6 Å². The smallest absolute Gasteiger partial charge is 0.126 e. The van der Waals surface area contributed by atoms with Crippen LogP contribution in [0.2, 0.25) is 0 Å². The van der Waals surface area contributed by atoms with E-state index in [1.54, 1.807) is 24.2 Å². The van der Waals surface area contributed by atoms with Crippen molar-refractivity contribution in [3.05, 3.63) is 66.0 Å². The van der Waals surface area contributed by atoms with E-state index in [1.165, 1.54) is 5.56 Å². The molecular formula is C13H11N3S. The Kier molecular flexibility index (Phi) is 2.80. The quantitative estimate of drug-likeness (QED) is 0.878. The van der Waals surface area contributed by atoms with Crippen molar-refractivity contribution in [3.63, 3.8) is 0 Å². The minimum absolute atomic E-state index is 0.188. The molecule has 1 N–H and O–H groups in total. The van der Waals surface area contributed by atoms with Crippen molar-refractivity contribution in [1.29, 1.82) is 0 Å². The number of benzene rings is 1. The number of hydrazone groups is 1. The van der Waals surface area contributed by atoms with Gasteiger partial charge in [-0.15, -0.1) is 0 Å². The van der Waals surface area contributed by atoms with Crippen molar-refractivity contribution >= 4 is 16.8 Å². The number of hydrogen-bond acceptors (Lipinski definition) is 4. The molecule has 1 aromatic heterocycles. The Hall–Kier alpha value is -1.81. The maximum absolute atomic E-state index is 4.37. The van der Waals surface area contributed by atoms with Crippen LogP contribution in [0, 0.1) is 0 Å². The Bertz CT molecular complexity index is 525. The van der Waals surface area contributed by atoms with Crippen LogP contribution in [0.5, 0.6) is 0 Å². The van der Waals surface area contributed by atoms with Gasteiger partial charge in [-0.1, -0.05) is 42.1 Å². The third-order valence-corrected chi connectivity index (χ3v) is 3.71. The summed E-state index contributed by atoms with van der Waals surface area (Å²) < 4.78 is 0. The zero-order valence-corrected chi connectivity index (χ0v) is 9.89. The van der Waals surface area contributed by atoms with Gasteiger partial charge in [-0.3, -0.25) is 10.4 Å². The zero-order chi connectivity index (χ0) is 11.5. The fourth-order valence-corrected chi connectivity index (χ4v) is 2.68. The summed E-state index contributed by atoms with van der Waals surface area (Å²) in [6.45, 7) is 0. The van der Waals surface area contributed by atoms with Gasteiger partial charge in [0.15, 0.2) is 0 Å². The summed E-state index contributed by atoms with van der Waals surface area (Å²) in [5, 5.41) is 5.60.